The first-order valence-electron chi connectivity index (χ1n) is 33.3. The maximum atomic E-state index is 2.65. The standard InChI is InChI=1S/C90H25.K/c1-6-16-26(17-7-1)86-71-61-51-41-36-31-32-34-35-33(31)38-45-43(36)53(51)63-65-55(45)57-47(38)49-40(35)50-48-39(34)46-44-37(32)42(41)52-54(44)64-66-56(46)58(48)68-70-60(50)59(49)69-67(57)77-75(65)87(73(63)71,27-18-8-2-9-19-27)82-81(86)83-85-84(82)89(77,29-22-12-4-13-23-29)79(69)80(70)90(85,30-24-14-5-15-25-30)78(68)76(66)88(83,28-20-10-3-11-21-28)74(64)72(86)62(52)61;/h1-25H;/q;+1. The van der Waals surface area contributed by atoms with Crippen LogP contribution in [-0.2, 0) is 27.1 Å². The zero-order valence-corrected chi connectivity index (χ0v) is 51.1. The quantitative estimate of drug-likeness (QED) is 0.119. The molecular weight excluding hydrogens is 1120 g/mol. The van der Waals surface area contributed by atoms with Crippen LogP contribution in [0.1, 0.15) is 83.5 Å². The Morgan fingerprint density at radius 3 is 0.330 bits per heavy atom. The van der Waals surface area contributed by atoms with Gasteiger partial charge in [0.05, 0.1) is 27.1 Å². The number of benzene rings is 20. The molecule has 1 heteroatoms. The molecule has 0 bridgehead atoms. The van der Waals surface area contributed by atoms with E-state index in [0.29, 0.717) is 0 Å². The van der Waals surface area contributed by atoms with Gasteiger partial charge >= 0.3 is 51.4 Å². The molecule has 0 aliphatic heterocycles. The van der Waals surface area contributed by atoms with Crippen molar-refractivity contribution in [3.8, 4) is 0 Å². The first kappa shape index (κ1) is 40.2. The summed E-state index contributed by atoms with van der Waals surface area (Å²) in [5.74, 6) is 8.30. The molecule has 0 saturated heterocycles. The van der Waals surface area contributed by atoms with Crippen molar-refractivity contribution < 1.29 is 51.4 Å². The summed E-state index contributed by atoms with van der Waals surface area (Å²) in [5, 5.41) is 64.8. The third kappa shape index (κ3) is 2.50. The number of hydrogen-bond acceptors (Lipinski definition) is 0. The molecule has 91 heavy (non-hydrogen) atoms. The predicted molar refractivity (Wildman–Crippen MR) is 366 cm³/mol. The first-order valence-corrected chi connectivity index (χ1v) is 33.3. The van der Waals surface area contributed by atoms with Crippen molar-refractivity contribution in [3.05, 3.63) is 265 Å². The molecule has 0 heterocycles. The summed E-state index contributed by atoms with van der Waals surface area (Å²) in [6, 6.07) is 62.5. The maximum Gasteiger partial charge on any atom is 1.00 e. The molecule has 1 saturated carbocycles. The summed E-state index contributed by atoms with van der Waals surface area (Å²) in [7, 11) is 0. The molecule has 1 fully saturated rings. The first-order chi connectivity index (χ1) is 44.9. The van der Waals surface area contributed by atoms with E-state index in [4.69, 9.17) is 0 Å². The summed E-state index contributed by atoms with van der Waals surface area (Å²) >= 11 is 0. The summed E-state index contributed by atoms with van der Waals surface area (Å²) in [6.45, 7) is 0. The van der Waals surface area contributed by atoms with E-state index >= 15 is 0 Å². The van der Waals surface area contributed by atoms with E-state index in [1.165, 1.54) is 27.8 Å². The normalized spacial score (nSPS) is 26.6. The van der Waals surface area contributed by atoms with Crippen LogP contribution in [0.4, 0.5) is 0 Å². The smallest absolute Gasteiger partial charge is 0.0622 e. The van der Waals surface area contributed by atoms with Gasteiger partial charge in [-0.3, -0.25) is 0 Å². The van der Waals surface area contributed by atoms with Crippen molar-refractivity contribution in [2.75, 3.05) is 0 Å². The largest absolute Gasteiger partial charge is 1.00 e. The molecule has 0 atom stereocenters. The molecule has 26 aromatic rings. The second-order valence-corrected chi connectivity index (χ2v) is 31.2. The van der Waals surface area contributed by atoms with Crippen LogP contribution in [0.3, 0.4) is 0 Å². The minimum atomic E-state index is -0.648. The van der Waals surface area contributed by atoms with Gasteiger partial charge in [0, 0.05) is 29.6 Å². The van der Waals surface area contributed by atoms with Gasteiger partial charge in [-0.25, -0.2) is 0 Å². The monoisotopic (exact) mass is 1140 g/mol. The molecule has 37 rings (SSSR count). The zero-order valence-electron chi connectivity index (χ0n) is 47.9. The van der Waals surface area contributed by atoms with Gasteiger partial charge in [-0.2, -0.15) is 0 Å². The van der Waals surface area contributed by atoms with Gasteiger partial charge < -0.3 is 0 Å². The molecule has 0 N–H and O–H groups in total. The van der Waals surface area contributed by atoms with E-state index < -0.39 is 27.1 Å². The molecule has 0 amide bonds. The van der Waals surface area contributed by atoms with Gasteiger partial charge in [0.2, 0.25) is 0 Å². The Kier molecular flexibility index (Phi) is 4.51. The molecule has 385 valence electrons. The van der Waals surface area contributed by atoms with E-state index in [2.05, 4.69) is 152 Å². The van der Waals surface area contributed by atoms with Crippen molar-refractivity contribution >= 4 is 215 Å². The van der Waals surface area contributed by atoms with Crippen LogP contribution < -0.4 is 51.4 Å². The molecule has 0 spiro atoms. The maximum absolute atomic E-state index is 2.65. The summed E-state index contributed by atoms with van der Waals surface area (Å²) in [4.78, 5) is 0. The summed E-state index contributed by atoms with van der Waals surface area (Å²) in [5.41, 5.74) is 20.6. The van der Waals surface area contributed by atoms with E-state index in [1.54, 1.807) is 301 Å². The van der Waals surface area contributed by atoms with Crippen LogP contribution in [-0.4, -0.2) is 0 Å². The van der Waals surface area contributed by atoms with Crippen LogP contribution in [0.5, 0.6) is 0 Å². The topological polar surface area (TPSA) is 0 Å². The van der Waals surface area contributed by atoms with Gasteiger partial charge in [-0.1, -0.05) is 152 Å². The fourth-order valence-electron chi connectivity index (χ4n) is 30.0. The van der Waals surface area contributed by atoms with Gasteiger partial charge in [0.25, 0.3) is 0 Å². The third-order valence-corrected chi connectivity index (χ3v) is 30.4. The molecular formula is C90H25K+. The van der Waals surface area contributed by atoms with E-state index in [9.17, 15) is 0 Å². The molecule has 26 aromatic carbocycles. The van der Waals surface area contributed by atoms with Crippen molar-refractivity contribution in [3.63, 3.8) is 0 Å². The van der Waals surface area contributed by atoms with Gasteiger partial charge in [-0.05, 0) is 299 Å². The van der Waals surface area contributed by atoms with E-state index in [-0.39, 0.29) is 51.4 Å². The Morgan fingerprint density at radius 1 is 0.121 bits per heavy atom. The molecule has 5 radical (unpaired) electrons. The SMILES string of the molecule is [K+].c1ccc(C23[C]4[C]5[C]6[C]7[C]4C4(c8ccccc8)c8c2c2c9c3c3c%10c%11c(c%12c%13c%14c(c%15c%16c%17c(c4c4c8c8c2c2c%18c9c%10c9c%10c%11c%13c%11c%13c%14c%16c%14c%16c%17c4c4c8c2c2c(c%189)c(c%10%11)c(c%13%14)c2c4%16)C7%15c2ccccc2)C6%12c2ccccc2)C53c2ccccc2)cc1. The predicted octanol–water partition coefficient (Wildman–Crippen LogP) is 17.8. The summed E-state index contributed by atoms with van der Waals surface area (Å²) < 4.78 is 0. The zero-order chi connectivity index (χ0) is 54.8. The molecule has 0 aromatic heterocycles. The fourth-order valence-corrected chi connectivity index (χ4v) is 30.0. The van der Waals surface area contributed by atoms with Crippen LogP contribution in [0.25, 0.3) is 215 Å². The van der Waals surface area contributed by atoms with Crippen LogP contribution in [0.2, 0.25) is 0 Å². The van der Waals surface area contributed by atoms with Crippen molar-refractivity contribution in [1.29, 1.82) is 0 Å². The fraction of sp³-hybridized carbons (Fsp3) is 0.0556. The second kappa shape index (κ2) is 10.2. The molecule has 11 aliphatic carbocycles. The Hall–Kier alpha value is -8.76. The Balaban J connectivity index is 0.00000434. The van der Waals surface area contributed by atoms with Gasteiger partial charge in [0.1, 0.15) is 0 Å². The average Bonchev–Trinajstić information content (AvgIpc) is 1.37. The Morgan fingerprint density at radius 2 is 0.220 bits per heavy atom. The average molecular weight is 1150 g/mol. The molecule has 0 nitrogen and oxygen atoms in total. The van der Waals surface area contributed by atoms with Gasteiger partial charge in [0.15, 0.2) is 0 Å². The van der Waals surface area contributed by atoms with Crippen LogP contribution >= 0.6 is 0 Å². The Bertz CT molecular complexity index is 6770. The van der Waals surface area contributed by atoms with Crippen molar-refractivity contribution in [2.45, 2.75) is 27.1 Å². The Labute approximate surface area is 552 Å². The minimum Gasteiger partial charge on any atom is -0.0622 e. The number of hydrogen-bond donors (Lipinski definition) is 0. The van der Waals surface area contributed by atoms with E-state index in [1.807, 2.05) is 0 Å². The molecule has 11 aliphatic rings. The van der Waals surface area contributed by atoms with Crippen molar-refractivity contribution in [2.24, 2.45) is 0 Å². The van der Waals surface area contributed by atoms with E-state index in [0.717, 1.165) is 0 Å². The van der Waals surface area contributed by atoms with Crippen LogP contribution in [0.15, 0.2) is 152 Å². The molecule has 0 unspecified atom stereocenters. The minimum absolute atomic E-state index is 0. The second-order valence-electron chi connectivity index (χ2n) is 31.2. The third-order valence-electron chi connectivity index (χ3n) is 30.4. The number of rotatable bonds is 5. The van der Waals surface area contributed by atoms with Crippen molar-refractivity contribution in [1.82, 2.24) is 0 Å². The van der Waals surface area contributed by atoms with Crippen LogP contribution in [0, 0.1) is 29.6 Å². The summed E-state index contributed by atoms with van der Waals surface area (Å²) in [6.07, 6.45) is 0. The van der Waals surface area contributed by atoms with Gasteiger partial charge in [-0.15, -0.1) is 0 Å².